The molecule has 5 nitrogen and oxygen atoms in total. The summed E-state index contributed by atoms with van der Waals surface area (Å²) in [6.45, 7) is 8.25. The Bertz CT molecular complexity index is 689. The molecule has 1 heterocycles. The first-order valence-corrected chi connectivity index (χ1v) is 10.1. The highest BCUT2D eigenvalue weighted by Gasteiger charge is 2.50. The molecule has 2 aliphatic rings. The zero-order chi connectivity index (χ0) is 19.8. The average Bonchev–Trinajstić information content (AvgIpc) is 2.61. The third kappa shape index (κ3) is 4.08. The van der Waals surface area contributed by atoms with Crippen molar-refractivity contribution >= 4 is 5.91 Å². The van der Waals surface area contributed by atoms with Gasteiger partial charge in [-0.05, 0) is 43.9 Å². The van der Waals surface area contributed by atoms with Crippen LogP contribution in [-0.2, 0) is 9.53 Å². The van der Waals surface area contributed by atoms with Crippen LogP contribution < -0.4 is 10.1 Å². The van der Waals surface area contributed by atoms with Crippen molar-refractivity contribution < 1.29 is 19.4 Å². The van der Waals surface area contributed by atoms with E-state index in [0.29, 0.717) is 24.0 Å². The number of fused-ring (bicyclic) bond motifs is 1. The van der Waals surface area contributed by atoms with E-state index in [0.717, 1.165) is 24.8 Å². The summed E-state index contributed by atoms with van der Waals surface area (Å²) in [6.07, 6.45) is 3.64. The zero-order valence-electron chi connectivity index (χ0n) is 17.1. The number of hydrogen-bond acceptors (Lipinski definition) is 4. The lowest BCUT2D eigenvalue weighted by molar-refractivity contribution is -0.155. The molecule has 1 aliphatic carbocycles. The monoisotopic (exact) mass is 375 g/mol. The van der Waals surface area contributed by atoms with E-state index >= 15 is 0 Å². The molecule has 0 radical (unpaired) electrons. The van der Waals surface area contributed by atoms with Crippen molar-refractivity contribution in [2.24, 2.45) is 17.8 Å². The molecule has 2 N–H and O–H groups in total. The van der Waals surface area contributed by atoms with Gasteiger partial charge in [-0.15, -0.1) is 0 Å². The van der Waals surface area contributed by atoms with E-state index in [1.807, 2.05) is 19.9 Å². The number of benzene rings is 1. The van der Waals surface area contributed by atoms with Gasteiger partial charge in [-0.1, -0.05) is 27.2 Å². The number of aromatic hydroxyl groups is 1. The van der Waals surface area contributed by atoms with E-state index in [1.54, 1.807) is 19.2 Å². The number of rotatable bonds is 4. The number of hydrogen-bond donors (Lipinski definition) is 2. The third-order valence-electron chi connectivity index (χ3n) is 6.34. The molecule has 1 aliphatic heterocycles. The number of phenols is 1. The highest BCUT2D eigenvalue weighted by molar-refractivity contribution is 5.78. The smallest absolute Gasteiger partial charge is 0.222 e. The minimum Gasteiger partial charge on any atom is -0.508 e. The Labute approximate surface area is 162 Å². The standard InChI is InChI=1S/C22H33NO4/c1-13(2)21(25)23-22(4)12-20(16-11-15(26-5)7-9-18(16)24)27-19-10-14(3)6-8-17(19)22/h7,9,11,13-14,17,19-20,24H,6,8,10,12H2,1-5H3,(H,23,25)/t14-,17-,19-,20-,22-/m1/s1. The molecule has 2 fully saturated rings. The fourth-order valence-corrected chi connectivity index (χ4v) is 4.67. The Morgan fingerprint density at radius 2 is 2.11 bits per heavy atom. The molecular weight excluding hydrogens is 342 g/mol. The Balaban J connectivity index is 1.94. The van der Waals surface area contributed by atoms with Gasteiger partial charge in [0.25, 0.3) is 0 Å². The molecule has 1 saturated heterocycles. The molecule has 0 aromatic heterocycles. The van der Waals surface area contributed by atoms with E-state index in [-0.39, 0.29) is 35.3 Å². The molecule has 27 heavy (non-hydrogen) atoms. The normalized spacial score (nSPS) is 33.4. The number of amides is 1. The summed E-state index contributed by atoms with van der Waals surface area (Å²) in [5.41, 5.74) is 0.376. The van der Waals surface area contributed by atoms with Crippen LogP contribution >= 0.6 is 0 Å². The van der Waals surface area contributed by atoms with Gasteiger partial charge >= 0.3 is 0 Å². The van der Waals surface area contributed by atoms with Crippen LogP contribution in [0.2, 0.25) is 0 Å². The average molecular weight is 376 g/mol. The first-order valence-electron chi connectivity index (χ1n) is 10.1. The zero-order valence-corrected chi connectivity index (χ0v) is 17.1. The molecule has 1 aromatic carbocycles. The molecule has 150 valence electrons. The number of phenolic OH excluding ortho intramolecular Hbond substituents is 1. The molecule has 1 saturated carbocycles. The summed E-state index contributed by atoms with van der Waals surface area (Å²) in [7, 11) is 1.61. The minimum absolute atomic E-state index is 0.0608. The van der Waals surface area contributed by atoms with Gasteiger partial charge in [0.15, 0.2) is 0 Å². The molecule has 0 unspecified atom stereocenters. The summed E-state index contributed by atoms with van der Waals surface area (Å²) >= 11 is 0. The van der Waals surface area contributed by atoms with E-state index in [9.17, 15) is 9.90 Å². The van der Waals surface area contributed by atoms with Crippen molar-refractivity contribution in [3.05, 3.63) is 23.8 Å². The van der Waals surface area contributed by atoms with Gasteiger partial charge in [0.05, 0.1) is 19.3 Å². The lowest BCUT2D eigenvalue weighted by Gasteiger charge is -2.52. The summed E-state index contributed by atoms with van der Waals surface area (Å²) < 4.78 is 11.8. The maximum Gasteiger partial charge on any atom is 0.222 e. The van der Waals surface area contributed by atoms with Crippen LogP contribution in [0.15, 0.2) is 18.2 Å². The number of carbonyl (C=O) groups excluding carboxylic acids is 1. The predicted molar refractivity (Wildman–Crippen MR) is 105 cm³/mol. The van der Waals surface area contributed by atoms with Gasteiger partial charge in [-0.25, -0.2) is 0 Å². The van der Waals surface area contributed by atoms with Crippen LogP contribution in [0, 0.1) is 17.8 Å². The van der Waals surface area contributed by atoms with Crippen LogP contribution in [-0.4, -0.2) is 29.8 Å². The van der Waals surface area contributed by atoms with Crippen molar-refractivity contribution in [1.29, 1.82) is 0 Å². The van der Waals surface area contributed by atoms with Gasteiger partial charge in [-0.3, -0.25) is 4.79 Å². The van der Waals surface area contributed by atoms with Crippen molar-refractivity contribution in [2.75, 3.05) is 7.11 Å². The highest BCUT2D eigenvalue weighted by atomic mass is 16.5. The van der Waals surface area contributed by atoms with Gasteiger partial charge in [0.2, 0.25) is 5.91 Å². The molecule has 3 rings (SSSR count). The highest BCUT2D eigenvalue weighted by Crippen LogP contribution is 2.49. The van der Waals surface area contributed by atoms with Gasteiger partial charge in [-0.2, -0.15) is 0 Å². The number of ether oxygens (including phenoxy) is 2. The third-order valence-corrected chi connectivity index (χ3v) is 6.34. The maximum atomic E-state index is 12.5. The van der Waals surface area contributed by atoms with Crippen LogP contribution in [0.4, 0.5) is 0 Å². The lowest BCUT2D eigenvalue weighted by Crippen LogP contribution is -2.61. The molecule has 1 amide bonds. The summed E-state index contributed by atoms with van der Waals surface area (Å²) in [5, 5.41) is 13.8. The molecule has 0 bridgehead atoms. The maximum absolute atomic E-state index is 12.5. The second-order valence-corrected chi connectivity index (χ2v) is 8.88. The second-order valence-electron chi connectivity index (χ2n) is 8.88. The molecule has 5 heteroatoms. The van der Waals surface area contributed by atoms with E-state index < -0.39 is 0 Å². The van der Waals surface area contributed by atoms with Gasteiger partial charge in [0, 0.05) is 29.4 Å². The number of nitrogens with one attached hydrogen (secondary N) is 1. The van der Waals surface area contributed by atoms with Crippen molar-refractivity contribution in [1.82, 2.24) is 5.32 Å². The van der Waals surface area contributed by atoms with Crippen LogP contribution in [0.5, 0.6) is 11.5 Å². The van der Waals surface area contributed by atoms with E-state index in [1.165, 1.54) is 0 Å². The minimum atomic E-state index is -0.357. The Kier molecular flexibility index (Phi) is 5.71. The molecule has 0 spiro atoms. The number of methoxy groups -OCH3 is 1. The largest absolute Gasteiger partial charge is 0.508 e. The summed E-state index contributed by atoms with van der Waals surface area (Å²) in [4.78, 5) is 12.5. The number of carbonyl (C=O) groups is 1. The Morgan fingerprint density at radius 3 is 2.78 bits per heavy atom. The van der Waals surface area contributed by atoms with Gasteiger partial charge < -0.3 is 19.9 Å². The van der Waals surface area contributed by atoms with Crippen LogP contribution in [0.3, 0.4) is 0 Å². The predicted octanol–water partition coefficient (Wildman–Crippen LogP) is 4.20. The van der Waals surface area contributed by atoms with E-state index in [2.05, 4.69) is 19.2 Å². The van der Waals surface area contributed by atoms with Crippen LogP contribution in [0.1, 0.15) is 65.0 Å². The quantitative estimate of drug-likeness (QED) is 0.828. The molecule has 5 atom stereocenters. The SMILES string of the molecule is COc1ccc(O)c([C@H]2C[C@@](C)(NC(=O)C(C)C)[C@@H]3CC[C@@H](C)C[C@H]3O2)c1. The van der Waals surface area contributed by atoms with Crippen molar-refractivity contribution in [3.8, 4) is 11.5 Å². The topological polar surface area (TPSA) is 67.8 Å². The van der Waals surface area contributed by atoms with Crippen molar-refractivity contribution in [3.63, 3.8) is 0 Å². The van der Waals surface area contributed by atoms with Crippen LogP contribution in [0.25, 0.3) is 0 Å². The summed E-state index contributed by atoms with van der Waals surface area (Å²) in [6, 6.07) is 5.24. The Hall–Kier alpha value is -1.75. The molecule has 1 aromatic rings. The lowest BCUT2D eigenvalue weighted by atomic mass is 9.66. The first kappa shape index (κ1) is 20.0. The van der Waals surface area contributed by atoms with Gasteiger partial charge in [0.1, 0.15) is 11.5 Å². The Morgan fingerprint density at radius 1 is 1.37 bits per heavy atom. The molecular formula is C22H33NO4. The fraction of sp³-hybridized carbons (Fsp3) is 0.682. The second kappa shape index (κ2) is 7.70. The first-order chi connectivity index (χ1) is 12.7. The summed E-state index contributed by atoms with van der Waals surface area (Å²) in [5.74, 6) is 1.81. The van der Waals surface area contributed by atoms with E-state index in [4.69, 9.17) is 9.47 Å². The van der Waals surface area contributed by atoms with Crippen molar-refractivity contribution in [2.45, 2.75) is 71.1 Å². The fourth-order valence-electron chi connectivity index (χ4n) is 4.67.